The molecule has 0 spiro atoms. The number of aliphatic hydroxyl groups is 1. The number of morpholine rings is 1. The van der Waals surface area contributed by atoms with E-state index in [2.05, 4.69) is 22.0 Å². The molecule has 2 heterocycles. The summed E-state index contributed by atoms with van der Waals surface area (Å²) in [5.41, 5.74) is 1.10. The molecule has 9 nitrogen and oxygen atoms in total. The Morgan fingerprint density at radius 2 is 1.74 bits per heavy atom. The molecule has 3 aromatic rings. The van der Waals surface area contributed by atoms with E-state index >= 15 is 0 Å². The van der Waals surface area contributed by atoms with Crippen LogP contribution < -0.4 is 15.0 Å². The smallest absolute Gasteiger partial charge is 0.416 e. The second-order valence-electron chi connectivity index (χ2n) is 12.0. The van der Waals surface area contributed by atoms with E-state index in [1.807, 2.05) is 12.1 Å². The third kappa shape index (κ3) is 8.45. The fourth-order valence-corrected chi connectivity index (χ4v) is 6.91. The molecule has 0 aliphatic carbocycles. The fourth-order valence-electron chi connectivity index (χ4n) is 6.02. The van der Waals surface area contributed by atoms with Crippen molar-refractivity contribution in [1.82, 2.24) is 10.2 Å². The summed E-state index contributed by atoms with van der Waals surface area (Å²) in [5, 5.41) is 12.8. The Kier molecular flexibility index (Phi) is 10.8. The summed E-state index contributed by atoms with van der Waals surface area (Å²) < 4.78 is 75.2. The van der Waals surface area contributed by atoms with Crippen molar-refractivity contribution in [2.75, 3.05) is 50.1 Å². The molecule has 13 heteroatoms. The zero-order valence-electron chi connectivity index (χ0n) is 26.3. The van der Waals surface area contributed by atoms with Gasteiger partial charge in [-0.1, -0.05) is 19.1 Å². The monoisotopic (exact) mass is 675 g/mol. The molecule has 2 aliphatic heterocycles. The lowest BCUT2D eigenvalue weighted by Gasteiger charge is -2.37. The van der Waals surface area contributed by atoms with Gasteiger partial charge in [-0.05, 0) is 73.2 Å². The highest BCUT2D eigenvalue weighted by atomic mass is 32.2. The molecule has 3 aromatic carbocycles. The van der Waals surface area contributed by atoms with E-state index in [1.54, 1.807) is 31.2 Å². The third-order valence-corrected chi connectivity index (χ3v) is 10.5. The quantitative estimate of drug-likeness (QED) is 0.301. The average molecular weight is 676 g/mol. The number of alkyl halides is 3. The average Bonchev–Trinajstić information content (AvgIpc) is 3.46. The predicted octanol–water partition coefficient (Wildman–Crippen LogP) is 4.71. The van der Waals surface area contributed by atoms with Crippen molar-refractivity contribution in [3.8, 4) is 5.75 Å². The number of benzene rings is 3. The van der Waals surface area contributed by atoms with Gasteiger partial charge < -0.3 is 24.8 Å². The van der Waals surface area contributed by atoms with Gasteiger partial charge in [0.2, 0.25) is 0 Å². The van der Waals surface area contributed by atoms with Gasteiger partial charge in [-0.2, -0.15) is 13.2 Å². The molecule has 2 fully saturated rings. The van der Waals surface area contributed by atoms with Crippen LogP contribution in [-0.4, -0.2) is 87.7 Å². The van der Waals surface area contributed by atoms with E-state index in [4.69, 9.17) is 9.47 Å². The highest BCUT2D eigenvalue weighted by molar-refractivity contribution is 7.91. The van der Waals surface area contributed by atoms with Crippen LogP contribution >= 0.6 is 0 Å². The summed E-state index contributed by atoms with van der Waals surface area (Å²) in [6, 6.07) is 17.5. The van der Waals surface area contributed by atoms with Crippen LogP contribution in [0.4, 0.5) is 18.9 Å². The summed E-state index contributed by atoms with van der Waals surface area (Å²) in [4.78, 5) is 17.9. The Hall–Kier alpha value is -3.65. The number of hydrogen-bond acceptors (Lipinski definition) is 8. The summed E-state index contributed by atoms with van der Waals surface area (Å²) in [5.74, 6) is -0.0558. The maximum absolute atomic E-state index is 13.2. The van der Waals surface area contributed by atoms with E-state index in [0.29, 0.717) is 43.1 Å². The molecule has 2 N–H and O–H groups in total. The van der Waals surface area contributed by atoms with E-state index < -0.39 is 33.5 Å². The number of carbonyl (C=O) groups excluding carboxylic acids is 1. The molecule has 2 aliphatic rings. The molecular weight excluding hydrogens is 635 g/mol. The van der Waals surface area contributed by atoms with E-state index in [1.165, 1.54) is 24.3 Å². The lowest BCUT2D eigenvalue weighted by atomic mass is 10.1. The molecule has 5 rings (SSSR count). The lowest BCUT2D eigenvalue weighted by Crippen LogP contribution is -2.49. The van der Waals surface area contributed by atoms with Crippen molar-refractivity contribution >= 4 is 21.4 Å². The van der Waals surface area contributed by atoms with E-state index in [0.717, 1.165) is 30.9 Å². The molecule has 1 amide bonds. The van der Waals surface area contributed by atoms with Gasteiger partial charge in [0, 0.05) is 42.8 Å². The fraction of sp³-hybridized carbons (Fsp3) is 0.441. The van der Waals surface area contributed by atoms with Crippen LogP contribution in [0.1, 0.15) is 47.8 Å². The summed E-state index contributed by atoms with van der Waals surface area (Å²) in [6.07, 6.45) is -4.03. The van der Waals surface area contributed by atoms with Crippen molar-refractivity contribution in [3.63, 3.8) is 0 Å². The molecule has 0 bridgehead atoms. The Balaban J connectivity index is 1.28. The van der Waals surface area contributed by atoms with Crippen molar-refractivity contribution < 1.29 is 41.0 Å². The Labute approximate surface area is 273 Å². The van der Waals surface area contributed by atoms with Gasteiger partial charge in [-0.15, -0.1) is 0 Å². The van der Waals surface area contributed by atoms with Crippen molar-refractivity contribution in [2.24, 2.45) is 0 Å². The van der Waals surface area contributed by atoms with Crippen LogP contribution in [0.15, 0.2) is 77.7 Å². The molecule has 0 radical (unpaired) electrons. The number of rotatable bonds is 11. The van der Waals surface area contributed by atoms with Crippen LogP contribution in [0.25, 0.3) is 0 Å². The van der Waals surface area contributed by atoms with Gasteiger partial charge in [-0.3, -0.25) is 9.69 Å². The van der Waals surface area contributed by atoms with Crippen LogP contribution in [-0.2, 0) is 20.8 Å². The maximum atomic E-state index is 13.2. The normalized spacial score (nSPS) is 21.4. The minimum absolute atomic E-state index is 0.0279. The first-order valence-corrected chi connectivity index (χ1v) is 17.3. The van der Waals surface area contributed by atoms with Crippen LogP contribution in [0.3, 0.4) is 0 Å². The van der Waals surface area contributed by atoms with Gasteiger partial charge in [0.1, 0.15) is 11.9 Å². The van der Waals surface area contributed by atoms with Crippen LogP contribution in [0.5, 0.6) is 5.75 Å². The summed E-state index contributed by atoms with van der Waals surface area (Å²) in [6.45, 7) is 6.63. The summed E-state index contributed by atoms with van der Waals surface area (Å²) in [7, 11) is -3.37. The Morgan fingerprint density at radius 1 is 1.06 bits per heavy atom. The number of carbonyl (C=O) groups is 1. The second kappa shape index (κ2) is 14.6. The highest BCUT2D eigenvalue weighted by Crippen LogP contribution is 2.33. The minimum atomic E-state index is -4.42. The number of anilines is 1. The third-order valence-electron chi connectivity index (χ3n) is 8.78. The lowest BCUT2D eigenvalue weighted by molar-refractivity contribution is -0.137. The summed E-state index contributed by atoms with van der Waals surface area (Å²) >= 11 is 0. The van der Waals surface area contributed by atoms with Gasteiger partial charge in [0.15, 0.2) is 9.84 Å². The van der Waals surface area contributed by atoms with Gasteiger partial charge in [-0.25, -0.2) is 8.42 Å². The van der Waals surface area contributed by atoms with Crippen LogP contribution in [0.2, 0.25) is 0 Å². The van der Waals surface area contributed by atoms with Crippen molar-refractivity contribution in [1.29, 1.82) is 0 Å². The molecule has 0 saturated carbocycles. The molecule has 47 heavy (non-hydrogen) atoms. The van der Waals surface area contributed by atoms with Gasteiger partial charge >= 0.3 is 6.18 Å². The van der Waals surface area contributed by atoms with Crippen molar-refractivity contribution in [2.45, 2.75) is 55.6 Å². The largest absolute Gasteiger partial charge is 0.489 e. The zero-order chi connectivity index (χ0) is 33.8. The SMILES string of the molecule is CCS(=O)(=O)c1ccc([C@H](CO)NC(=O)c2ccc(N3C[C@H](Oc4ccc(C(F)(F)F)cc4)C[C@H]3CN3CCOC[C@H]3C)cc2)cc1. The number of amides is 1. The first kappa shape index (κ1) is 34.7. The predicted molar refractivity (Wildman–Crippen MR) is 171 cm³/mol. The first-order valence-electron chi connectivity index (χ1n) is 15.6. The topological polar surface area (TPSA) is 108 Å². The number of ether oxygens (including phenoxy) is 2. The molecule has 4 atom stereocenters. The van der Waals surface area contributed by atoms with E-state index in [9.17, 15) is 31.5 Å². The molecule has 2 saturated heterocycles. The number of halogens is 3. The number of sulfone groups is 1. The standard InChI is InChI=1S/C34H40F3N3O6S/c1-3-47(43,44)31-14-6-24(7-15-31)32(21-41)38-33(42)25-4-10-27(11-5-25)40-20-30(18-28(40)19-39-16-17-45-22-23(39)2)46-29-12-8-26(9-13-29)34(35,36)37/h4-15,23,28,30,32,41H,3,16-22H2,1-2H3,(H,38,42)/t23-,28+,30-,32+/m1/s1. The second-order valence-corrected chi connectivity index (χ2v) is 14.2. The van der Waals surface area contributed by atoms with E-state index in [-0.39, 0.29) is 35.4 Å². The van der Waals surface area contributed by atoms with Crippen LogP contribution in [0, 0.1) is 0 Å². The molecule has 0 aromatic heterocycles. The number of nitrogens with one attached hydrogen (secondary N) is 1. The van der Waals surface area contributed by atoms with Gasteiger partial charge in [0.25, 0.3) is 5.91 Å². The number of nitrogens with zero attached hydrogens (tertiary/aromatic N) is 2. The molecule has 0 unspecified atom stereocenters. The highest BCUT2D eigenvalue weighted by Gasteiger charge is 2.36. The Morgan fingerprint density at radius 3 is 2.34 bits per heavy atom. The molecular formula is C34H40F3N3O6S. The Bertz CT molecular complexity index is 1600. The first-order chi connectivity index (χ1) is 22.4. The number of hydrogen-bond donors (Lipinski definition) is 2. The number of aliphatic hydroxyl groups excluding tert-OH is 1. The van der Waals surface area contributed by atoms with Gasteiger partial charge in [0.05, 0.1) is 48.6 Å². The zero-order valence-corrected chi connectivity index (χ0v) is 27.1. The van der Waals surface area contributed by atoms with Crippen molar-refractivity contribution in [3.05, 3.63) is 89.5 Å². The molecule has 254 valence electrons. The minimum Gasteiger partial charge on any atom is -0.489 e. The maximum Gasteiger partial charge on any atom is 0.416 e.